The standard InChI is InChI=1S/C8H15N3OS/c1-3-4-5-11-7(6-12-2)9-10-8(11)13/h3-6H2,1-2H3,(H,10,13). The van der Waals surface area contributed by atoms with E-state index >= 15 is 0 Å². The number of hydrogen-bond acceptors (Lipinski definition) is 3. The van der Waals surface area contributed by atoms with Crippen LogP contribution in [0, 0.1) is 4.77 Å². The molecule has 0 spiro atoms. The fraction of sp³-hybridized carbons (Fsp3) is 0.750. The van der Waals surface area contributed by atoms with Gasteiger partial charge in [-0.05, 0) is 18.6 Å². The third-order valence-electron chi connectivity index (χ3n) is 1.85. The molecule has 0 aliphatic heterocycles. The highest BCUT2D eigenvalue weighted by Gasteiger charge is 2.03. The number of H-pyrrole nitrogens is 1. The summed E-state index contributed by atoms with van der Waals surface area (Å²) in [6.07, 6.45) is 2.27. The van der Waals surface area contributed by atoms with Gasteiger partial charge < -0.3 is 9.30 Å². The zero-order valence-electron chi connectivity index (χ0n) is 8.04. The van der Waals surface area contributed by atoms with Gasteiger partial charge in [0, 0.05) is 13.7 Å². The average Bonchev–Trinajstić information content (AvgIpc) is 2.45. The quantitative estimate of drug-likeness (QED) is 0.740. The van der Waals surface area contributed by atoms with Crippen molar-refractivity contribution < 1.29 is 4.74 Å². The Morgan fingerprint density at radius 2 is 2.38 bits per heavy atom. The molecule has 74 valence electrons. The Morgan fingerprint density at radius 1 is 1.62 bits per heavy atom. The summed E-state index contributed by atoms with van der Waals surface area (Å²) in [4.78, 5) is 0. The van der Waals surface area contributed by atoms with Gasteiger partial charge in [-0.15, -0.1) is 0 Å². The van der Waals surface area contributed by atoms with Crippen LogP contribution in [0.4, 0.5) is 0 Å². The Morgan fingerprint density at radius 3 is 3.00 bits per heavy atom. The van der Waals surface area contributed by atoms with E-state index in [2.05, 4.69) is 17.1 Å². The molecule has 0 saturated heterocycles. The molecule has 0 aromatic carbocycles. The molecule has 1 N–H and O–H groups in total. The van der Waals surface area contributed by atoms with Crippen molar-refractivity contribution in [1.82, 2.24) is 14.8 Å². The first-order valence-electron chi connectivity index (χ1n) is 4.42. The van der Waals surface area contributed by atoms with E-state index in [4.69, 9.17) is 17.0 Å². The van der Waals surface area contributed by atoms with Gasteiger partial charge in [-0.25, -0.2) is 0 Å². The van der Waals surface area contributed by atoms with Crippen molar-refractivity contribution in [2.24, 2.45) is 0 Å². The number of hydrogen-bond donors (Lipinski definition) is 1. The van der Waals surface area contributed by atoms with Crippen molar-refractivity contribution in [3.63, 3.8) is 0 Å². The summed E-state index contributed by atoms with van der Waals surface area (Å²) >= 11 is 5.09. The molecule has 0 bridgehead atoms. The van der Waals surface area contributed by atoms with Crippen LogP contribution in [0.5, 0.6) is 0 Å². The van der Waals surface area contributed by atoms with Gasteiger partial charge in [-0.1, -0.05) is 13.3 Å². The van der Waals surface area contributed by atoms with Crippen molar-refractivity contribution in [2.45, 2.75) is 32.9 Å². The van der Waals surface area contributed by atoms with Crippen molar-refractivity contribution >= 4 is 12.2 Å². The van der Waals surface area contributed by atoms with Crippen LogP contribution in [0.15, 0.2) is 0 Å². The fourth-order valence-electron chi connectivity index (χ4n) is 1.14. The summed E-state index contributed by atoms with van der Waals surface area (Å²) in [6.45, 7) is 3.58. The molecule has 1 aromatic heterocycles. The minimum absolute atomic E-state index is 0.511. The number of rotatable bonds is 5. The molecule has 1 rings (SSSR count). The maximum absolute atomic E-state index is 5.09. The zero-order chi connectivity index (χ0) is 9.68. The molecule has 0 amide bonds. The molecular formula is C8H15N3OS. The van der Waals surface area contributed by atoms with E-state index in [-0.39, 0.29) is 0 Å². The molecule has 0 aliphatic carbocycles. The Kier molecular flexibility index (Phi) is 4.11. The van der Waals surface area contributed by atoms with E-state index < -0.39 is 0 Å². The van der Waals surface area contributed by atoms with Crippen molar-refractivity contribution in [2.75, 3.05) is 7.11 Å². The number of methoxy groups -OCH3 is 1. The minimum atomic E-state index is 0.511. The van der Waals surface area contributed by atoms with E-state index in [0.29, 0.717) is 11.4 Å². The molecule has 0 unspecified atom stereocenters. The van der Waals surface area contributed by atoms with E-state index in [1.165, 1.54) is 0 Å². The van der Waals surface area contributed by atoms with Gasteiger partial charge in [0.2, 0.25) is 0 Å². The lowest BCUT2D eigenvalue weighted by Gasteiger charge is -2.03. The van der Waals surface area contributed by atoms with Crippen LogP contribution in [-0.4, -0.2) is 21.9 Å². The molecule has 5 heteroatoms. The number of nitrogens with zero attached hydrogens (tertiary/aromatic N) is 2. The largest absolute Gasteiger partial charge is 0.377 e. The van der Waals surface area contributed by atoms with Gasteiger partial charge in [-0.2, -0.15) is 5.10 Å². The summed E-state index contributed by atoms with van der Waals surface area (Å²) in [5, 5.41) is 6.85. The molecular weight excluding hydrogens is 186 g/mol. The number of aromatic amines is 1. The second-order valence-electron chi connectivity index (χ2n) is 2.88. The zero-order valence-corrected chi connectivity index (χ0v) is 8.86. The first-order valence-corrected chi connectivity index (χ1v) is 4.83. The van der Waals surface area contributed by atoms with Crippen molar-refractivity contribution in [3.8, 4) is 0 Å². The first-order chi connectivity index (χ1) is 6.29. The van der Waals surface area contributed by atoms with Crippen LogP contribution in [-0.2, 0) is 17.9 Å². The third kappa shape index (κ3) is 2.63. The highest BCUT2D eigenvalue weighted by atomic mass is 32.1. The molecule has 4 nitrogen and oxygen atoms in total. The van der Waals surface area contributed by atoms with Crippen LogP contribution in [0.2, 0.25) is 0 Å². The predicted molar refractivity (Wildman–Crippen MR) is 53.0 cm³/mol. The monoisotopic (exact) mass is 201 g/mol. The van der Waals surface area contributed by atoms with Crippen LogP contribution < -0.4 is 0 Å². The highest BCUT2D eigenvalue weighted by molar-refractivity contribution is 7.71. The summed E-state index contributed by atoms with van der Waals surface area (Å²) in [6, 6.07) is 0. The lowest BCUT2D eigenvalue weighted by molar-refractivity contribution is 0.173. The minimum Gasteiger partial charge on any atom is -0.377 e. The molecule has 0 fully saturated rings. The van der Waals surface area contributed by atoms with E-state index in [9.17, 15) is 0 Å². The lowest BCUT2D eigenvalue weighted by atomic mass is 10.3. The van der Waals surface area contributed by atoms with Crippen LogP contribution >= 0.6 is 12.2 Å². The maximum Gasteiger partial charge on any atom is 0.195 e. The Hall–Kier alpha value is -0.680. The second kappa shape index (κ2) is 5.14. The van der Waals surface area contributed by atoms with Crippen LogP contribution in [0.25, 0.3) is 0 Å². The van der Waals surface area contributed by atoms with Gasteiger partial charge in [-0.3, -0.25) is 5.10 Å². The summed E-state index contributed by atoms with van der Waals surface area (Å²) in [5.74, 6) is 0.876. The summed E-state index contributed by atoms with van der Waals surface area (Å²) in [5.41, 5.74) is 0. The Balaban J connectivity index is 2.75. The van der Waals surface area contributed by atoms with Crippen LogP contribution in [0.1, 0.15) is 25.6 Å². The normalized spacial score (nSPS) is 10.6. The molecule has 0 atom stereocenters. The Labute approximate surface area is 82.9 Å². The molecule has 13 heavy (non-hydrogen) atoms. The van der Waals surface area contributed by atoms with Gasteiger partial charge in [0.15, 0.2) is 10.6 Å². The number of nitrogens with one attached hydrogen (secondary N) is 1. The highest BCUT2D eigenvalue weighted by Crippen LogP contribution is 2.02. The molecule has 1 aromatic rings. The first kappa shape index (κ1) is 10.4. The number of aromatic nitrogens is 3. The molecule has 1 heterocycles. The smallest absolute Gasteiger partial charge is 0.195 e. The molecule has 0 saturated carbocycles. The maximum atomic E-state index is 5.09. The Bertz CT molecular complexity index is 305. The summed E-state index contributed by atoms with van der Waals surface area (Å²) < 4.78 is 7.68. The SMILES string of the molecule is CCCCn1c(COC)n[nH]c1=S. The van der Waals surface area contributed by atoms with Crippen LogP contribution in [0.3, 0.4) is 0 Å². The lowest BCUT2D eigenvalue weighted by Crippen LogP contribution is -2.05. The fourth-order valence-corrected chi connectivity index (χ4v) is 1.38. The van der Waals surface area contributed by atoms with Crippen molar-refractivity contribution in [1.29, 1.82) is 0 Å². The van der Waals surface area contributed by atoms with Gasteiger partial charge in [0.05, 0.1) is 0 Å². The van der Waals surface area contributed by atoms with Crippen molar-refractivity contribution in [3.05, 3.63) is 10.6 Å². The third-order valence-corrected chi connectivity index (χ3v) is 2.16. The molecule has 0 aliphatic rings. The average molecular weight is 201 g/mol. The number of unbranched alkanes of at least 4 members (excludes halogenated alkanes) is 1. The van der Waals surface area contributed by atoms with Gasteiger partial charge in [0.1, 0.15) is 6.61 Å². The van der Waals surface area contributed by atoms with E-state index in [1.807, 2.05) is 4.57 Å². The van der Waals surface area contributed by atoms with Gasteiger partial charge >= 0.3 is 0 Å². The predicted octanol–water partition coefficient (Wildman–Crippen LogP) is 1.89. The second-order valence-corrected chi connectivity index (χ2v) is 3.27. The van der Waals surface area contributed by atoms with E-state index in [0.717, 1.165) is 25.2 Å². The number of ether oxygens (including phenoxy) is 1. The topological polar surface area (TPSA) is 42.8 Å². The van der Waals surface area contributed by atoms with Gasteiger partial charge in [0.25, 0.3) is 0 Å². The van der Waals surface area contributed by atoms with E-state index in [1.54, 1.807) is 7.11 Å². The summed E-state index contributed by atoms with van der Waals surface area (Å²) in [7, 11) is 1.65. The molecule has 0 radical (unpaired) electrons.